The minimum absolute atomic E-state index is 0.566. The van der Waals surface area contributed by atoms with Crippen molar-refractivity contribution in [3.8, 4) is 0 Å². The van der Waals surface area contributed by atoms with Gasteiger partial charge in [-0.25, -0.2) is 0 Å². The van der Waals surface area contributed by atoms with Crippen molar-refractivity contribution < 1.29 is 0 Å². The summed E-state index contributed by atoms with van der Waals surface area (Å²) < 4.78 is 0. The van der Waals surface area contributed by atoms with E-state index in [0.717, 1.165) is 5.92 Å². The smallest absolute Gasteiger partial charge is 0.00805 e. The van der Waals surface area contributed by atoms with Gasteiger partial charge < -0.3 is 0 Å². The van der Waals surface area contributed by atoms with Gasteiger partial charge in [0.1, 0.15) is 0 Å². The molecule has 0 aromatic rings. The van der Waals surface area contributed by atoms with E-state index in [1.807, 2.05) is 0 Å². The zero-order valence-corrected chi connectivity index (χ0v) is 9.55. The Morgan fingerprint density at radius 3 is 2.64 bits per heavy atom. The molecule has 0 amide bonds. The lowest BCUT2D eigenvalue weighted by Gasteiger charge is -2.36. The van der Waals surface area contributed by atoms with Gasteiger partial charge in [-0.15, -0.1) is 0 Å². The van der Waals surface area contributed by atoms with Crippen molar-refractivity contribution in [3.63, 3.8) is 0 Å². The molecule has 0 radical (unpaired) electrons. The summed E-state index contributed by atoms with van der Waals surface area (Å²) >= 11 is 0. The molecule has 0 saturated heterocycles. The Labute approximate surface area is 88.1 Å². The maximum Gasteiger partial charge on any atom is -0.00805 e. The van der Waals surface area contributed by atoms with Crippen LogP contribution >= 0.6 is 0 Å². The quantitative estimate of drug-likeness (QED) is 0.535. The summed E-state index contributed by atoms with van der Waals surface area (Å²) in [6, 6.07) is 0. The van der Waals surface area contributed by atoms with Gasteiger partial charge in [0.2, 0.25) is 0 Å². The molecule has 2 aliphatic carbocycles. The van der Waals surface area contributed by atoms with Gasteiger partial charge in [-0.1, -0.05) is 37.6 Å². The first-order chi connectivity index (χ1) is 6.72. The molecule has 0 aromatic heterocycles. The van der Waals surface area contributed by atoms with Crippen LogP contribution in [-0.2, 0) is 0 Å². The number of rotatable bonds is 1. The van der Waals surface area contributed by atoms with Gasteiger partial charge in [0.25, 0.3) is 0 Å². The summed E-state index contributed by atoms with van der Waals surface area (Å²) in [5.41, 5.74) is 2.26. The Bertz CT molecular complexity index is 257. The highest BCUT2D eigenvalue weighted by molar-refractivity contribution is 5.17. The first-order valence-electron chi connectivity index (χ1n) is 6.08. The minimum Gasteiger partial charge on any atom is -0.0880 e. The molecule has 1 atom stereocenters. The molecule has 0 aromatic carbocycles. The monoisotopic (exact) mass is 190 g/mol. The van der Waals surface area contributed by atoms with Crippen LogP contribution in [0.4, 0.5) is 0 Å². The van der Waals surface area contributed by atoms with Crippen molar-refractivity contribution in [2.75, 3.05) is 0 Å². The van der Waals surface area contributed by atoms with Crippen molar-refractivity contribution >= 4 is 0 Å². The third-order valence-electron chi connectivity index (χ3n) is 3.94. The van der Waals surface area contributed by atoms with Gasteiger partial charge in [-0.2, -0.15) is 0 Å². The molecule has 0 nitrogen and oxygen atoms in total. The highest BCUT2D eigenvalue weighted by atomic mass is 14.3. The lowest BCUT2D eigenvalue weighted by Crippen LogP contribution is -2.23. The average Bonchev–Trinajstić information content (AvgIpc) is 2.19. The second kappa shape index (κ2) is 3.92. The Morgan fingerprint density at radius 1 is 1.29 bits per heavy atom. The maximum atomic E-state index is 2.52. The van der Waals surface area contributed by atoms with Crippen molar-refractivity contribution in [1.29, 1.82) is 0 Å². The highest BCUT2D eigenvalue weighted by Gasteiger charge is 2.30. The standard InChI is InChI=1S/C14H22/c1-12(2)13-6-10-14(11-7-13)8-4-3-5-9-14/h4,6,8,12H,3,5,7,9-11H2,1-2H3. The number of hydrogen-bond donors (Lipinski definition) is 0. The average molecular weight is 190 g/mol. The maximum absolute atomic E-state index is 2.52. The summed E-state index contributed by atoms with van der Waals surface area (Å²) in [5, 5.41) is 0. The molecule has 0 heteroatoms. The van der Waals surface area contributed by atoms with Crippen LogP contribution in [0.25, 0.3) is 0 Å². The fourth-order valence-corrected chi connectivity index (χ4v) is 2.82. The van der Waals surface area contributed by atoms with E-state index in [-0.39, 0.29) is 0 Å². The van der Waals surface area contributed by atoms with Crippen LogP contribution in [0.3, 0.4) is 0 Å². The molecule has 1 spiro atoms. The lowest BCUT2D eigenvalue weighted by molar-refractivity contribution is 0.288. The fourth-order valence-electron chi connectivity index (χ4n) is 2.82. The van der Waals surface area contributed by atoms with Crippen LogP contribution < -0.4 is 0 Å². The van der Waals surface area contributed by atoms with Gasteiger partial charge in [0.15, 0.2) is 0 Å². The molecule has 0 N–H and O–H groups in total. The van der Waals surface area contributed by atoms with Crippen LogP contribution in [-0.4, -0.2) is 0 Å². The largest absolute Gasteiger partial charge is 0.0880 e. The van der Waals surface area contributed by atoms with E-state index in [4.69, 9.17) is 0 Å². The lowest BCUT2D eigenvalue weighted by atomic mass is 9.68. The van der Waals surface area contributed by atoms with Gasteiger partial charge in [-0.3, -0.25) is 0 Å². The zero-order chi connectivity index (χ0) is 10.0. The molecule has 0 aliphatic heterocycles. The van der Waals surface area contributed by atoms with Gasteiger partial charge in [0, 0.05) is 0 Å². The molecule has 0 saturated carbocycles. The fraction of sp³-hybridized carbons (Fsp3) is 0.714. The van der Waals surface area contributed by atoms with Gasteiger partial charge in [-0.05, 0) is 49.9 Å². The van der Waals surface area contributed by atoms with Gasteiger partial charge in [0.05, 0.1) is 0 Å². The van der Waals surface area contributed by atoms with Gasteiger partial charge >= 0.3 is 0 Å². The van der Waals surface area contributed by atoms with E-state index in [2.05, 4.69) is 32.1 Å². The zero-order valence-electron chi connectivity index (χ0n) is 9.55. The summed E-state index contributed by atoms with van der Waals surface area (Å²) in [5.74, 6) is 0.764. The molecular weight excluding hydrogens is 168 g/mol. The molecule has 0 fully saturated rings. The molecule has 0 heterocycles. The molecule has 1 unspecified atom stereocenters. The predicted octanol–water partition coefficient (Wildman–Crippen LogP) is 4.48. The third-order valence-corrected chi connectivity index (χ3v) is 3.94. The van der Waals surface area contributed by atoms with E-state index in [1.165, 1.54) is 38.5 Å². The summed E-state index contributed by atoms with van der Waals surface area (Å²) in [6.07, 6.45) is 15.6. The van der Waals surface area contributed by atoms with Crippen LogP contribution in [0, 0.1) is 11.3 Å². The Hall–Kier alpha value is -0.520. The van der Waals surface area contributed by atoms with Crippen molar-refractivity contribution in [3.05, 3.63) is 23.8 Å². The molecule has 78 valence electrons. The minimum atomic E-state index is 0.566. The summed E-state index contributed by atoms with van der Waals surface area (Å²) in [4.78, 5) is 0. The normalized spacial score (nSPS) is 32.4. The topological polar surface area (TPSA) is 0 Å². The van der Waals surface area contributed by atoms with E-state index in [0.29, 0.717) is 5.41 Å². The van der Waals surface area contributed by atoms with Crippen molar-refractivity contribution in [2.24, 2.45) is 11.3 Å². The Kier molecular flexibility index (Phi) is 2.80. The number of hydrogen-bond acceptors (Lipinski definition) is 0. The van der Waals surface area contributed by atoms with E-state index in [1.54, 1.807) is 5.57 Å². The second-order valence-electron chi connectivity index (χ2n) is 5.29. The van der Waals surface area contributed by atoms with Crippen LogP contribution in [0.2, 0.25) is 0 Å². The van der Waals surface area contributed by atoms with Crippen molar-refractivity contribution in [1.82, 2.24) is 0 Å². The van der Waals surface area contributed by atoms with Crippen LogP contribution in [0.15, 0.2) is 23.8 Å². The second-order valence-corrected chi connectivity index (χ2v) is 5.29. The first kappa shape index (κ1) is 10.0. The van der Waals surface area contributed by atoms with Crippen molar-refractivity contribution in [2.45, 2.75) is 52.4 Å². The Morgan fingerprint density at radius 2 is 2.14 bits per heavy atom. The highest BCUT2D eigenvalue weighted by Crippen LogP contribution is 2.44. The third kappa shape index (κ3) is 1.94. The molecule has 0 bridgehead atoms. The van der Waals surface area contributed by atoms with Crippen LogP contribution in [0.1, 0.15) is 52.4 Å². The molecule has 2 aliphatic rings. The summed E-state index contributed by atoms with van der Waals surface area (Å²) in [6.45, 7) is 4.64. The SMILES string of the molecule is CC(C)C1=CCC2(C=CCCC2)CC1. The first-order valence-corrected chi connectivity index (χ1v) is 6.08. The van der Waals surface area contributed by atoms with E-state index >= 15 is 0 Å². The van der Waals surface area contributed by atoms with E-state index in [9.17, 15) is 0 Å². The Balaban J connectivity index is 2.07. The molecular formula is C14H22. The van der Waals surface area contributed by atoms with E-state index < -0.39 is 0 Å². The summed E-state index contributed by atoms with van der Waals surface area (Å²) in [7, 11) is 0. The van der Waals surface area contributed by atoms with Crippen LogP contribution in [0.5, 0.6) is 0 Å². The molecule has 14 heavy (non-hydrogen) atoms. The molecule has 2 rings (SSSR count). The number of allylic oxidation sites excluding steroid dienone is 4. The predicted molar refractivity (Wildman–Crippen MR) is 62.2 cm³/mol.